The molecular weight excluding hydrogens is 468 g/mol. The number of hydrogen-bond donors (Lipinski definition) is 1. The number of aromatic nitrogens is 3. The summed E-state index contributed by atoms with van der Waals surface area (Å²) in [6.07, 6.45) is 1.29. The molecule has 0 saturated carbocycles. The van der Waals surface area contributed by atoms with Crippen molar-refractivity contribution in [3.8, 4) is 11.5 Å². The van der Waals surface area contributed by atoms with Crippen molar-refractivity contribution >= 4 is 27.6 Å². The normalized spacial score (nSPS) is 18.7. The zero-order chi connectivity index (χ0) is 21.7. The van der Waals surface area contributed by atoms with Crippen LogP contribution in [0.4, 0.5) is 5.95 Å². The van der Waals surface area contributed by atoms with Gasteiger partial charge in [-0.05, 0) is 47.5 Å². The van der Waals surface area contributed by atoms with E-state index in [1.807, 2.05) is 47.1 Å². The van der Waals surface area contributed by atoms with Gasteiger partial charge in [0.1, 0.15) is 30.0 Å². The third-order valence-corrected chi connectivity index (χ3v) is 6.45. The van der Waals surface area contributed by atoms with Gasteiger partial charge in [-0.3, -0.25) is 0 Å². The zero-order valence-corrected chi connectivity index (χ0v) is 18.8. The van der Waals surface area contributed by atoms with E-state index in [9.17, 15) is 0 Å². The van der Waals surface area contributed by atoms with Gasteiger partial charge in [-0.15, -0.1) is 0 Å². The lowest BCUT2D eigenvalue weighted by molar-refractivity contribution is 0.223. The number of benzene rings is 3. The molecular formula is C25H19BrN4O2. The summed E-state index contributed by atoms with van der Waals surface area (Å²) in [4.78, 5) is 4.47. The molecule has 158 valence electrons. The van der Waals surface area contributed by atoms with E-state index in [2.05, 4.69) is 61.7 Å². The average Bonchev–Trinajstić information content (AvgIpc) is 3.31. The van der Waals surface area contributed by atoms with E-state index in [0.717, 1.165) is 43.9 Å². The molecule has 4 aromatic rings. The fourth-order valence-corrected chi connectivity index (χ4v) is 4.70. The summed E-state index contributed by atoms with van der Waals surface area (Å²) < 4.78 is 14.9. The van der Waals surface area contributed by atoms with Crippen LogP contribution in [0.3, 0.4) is 0 Å². The van der Waals surface area contributed by atoms with Gasteiger partial charge in [-0.1, -0.05) is 52.3 Å². The van der Waals surface area contributed by atoms with E-state index in [0.29, 0.717) is 5.95 Å². The fraction of sp³-hybridized carbons (Fsp3) is 0.120. The van der Waals surface area contributed by atoms with Crippen molar-refractivity contribution < 1.29 is 9.47 Å². The van der Waals surface area contributed by atoms with Crippen LogP contribution in [-0.2, 0) is 0 Å². The zero-order valence-electron chi connectivity index (χ0n) is 17.2. The predicted molar refractivity (Wildman–Crippen MR) is 126 cm³/mol. The smallest absolute Gasteiger partial charge is 0.226 e. The lowest BCUT2D eigenvalue weighted by Crippen LogP contribution is -2.32. The number of anilines is 1. The SMILES string of the molecule is COc1ccc([C@@H]2C3=C(Nc4ncnn42)c2ccccc2O[C@H]3c2ccc(Br)cc2)cc1. The molecule has 2 atom stereocenters. The lowest BCUT2D eigenvalue weighted by Gasteiger charge is -2.39. The second-order valence-corrected chi connectivity index (χ2v) is 8.62. The van der Waals surface area contributed by atoms with Gasteiger partial charge in [0.25, 0.3) is 0 Å². The van der Waals surface area contributed by atoms with Crippen LogP contribution in [0, 0.1) is 0 Å². The van der Waals surface area contributed by atoms with Gasteiger partial charge >= 0.3 is 0 Å². The molecule has 2 aliphatic rings. The number of hydrogen-bond acceptors (Lipinski definition) is 5. The maximum Gasteiger partial charge on any atom is 0.226 e. The molecule has 6 rings (SSSR count). The molecule has 7 heteroatoms. The van der Waals surface area contributed by atoms with E-state index in [1.54, 1.807) is 13.4 Å². The molecule has 0 unspecified atom stereocenters. The first kappa shape index (κ1) is 19.1. The van der Waals surface area contributed by atoms with Crippen molar-refractivity contribution in [2.24, 2.45) is 0 Å². The molecule has 0 saturated heterocycles. The molecule has 3 heterocycles. The van der Waals surface area contributed by atoms with E-state index in [1.165, 1.54) is 0 Å². The fourth-order valence-electron chi connectivity index (χ4n) is 4.44. The highest BCUT2D eigenvalue weighted by molar-refractivity contribution is 9.10. The second-order valence-electron chi connectivity index (χ2n) is 7.70. The first-order valence-electron chi connectivity index (χ1n) is 10.3. The van der Waals surface area contributed by atoms with Gasteiger partial charge in [0.15, 0.2) is 0 Å². The molecule has 0 bridgehead atoms. The number of rotatable bonds is 3. The van der Waals surface area contributed by atoms with E-state index in [4.69, 9.17) is 9.47 Å². The first-order valence-corrected chi connectivity index (χ1v) is 11.1. The number of nitrogens with one attached hydrogen (secondary N) is 1. The summed E-state index contributed by atoms with van der Waals surface area (Å²) in [5, 5.41) is 8.08. The van der Waals surface area contributed by atoms with Gasteiger partial charge in [0.05, 0.1) is 12.8 Å². The summed E-state index contributed by atoms with van der Waals surface area (Å²) in [5.41, 5.74) is 5.27. The Morgan fingerprint density at radius 3 is 2.50 bits per heavy atom. The topological polar surface area (TPSA) is 61.2 Å². The molecule has 0 aliphatic carbocycles. The molecule has 0 spiro atoms. The summed E-state index contributed by atoms with van der Waals surface area (Å²) in [5.74, 6) is 2.36. The molecule has 0 fully saturated rings. The van der Waals surface area contributed by atoms with Gasteiger partial charge in [0, 0.05) is 15.6 Å². The van der Waals surface area contributed by atoms with Gasteiger partial charge in [-0.2, -0.15) is 10.1 Å². The number of fused-ring (bicyclic) bond motifs is 3. The van der Waals surface area contributed by atoms with Gasteiger partial charge in [0.2, 0.25) is 5.95 Å². The van der Waals surface area contributed by atoms with Gasteiger partial charge in [-0.25, -0.2) is 4.68 Å². The lowest BCUT2D eigenvalue weighted by atomic mass is 9.84. The molecule has 3 aromatic carbocycles. The first-order chi connectivity index (χ1) is 15.7. The van der Waals surface area contributed by atoms with Crippen molar-refractivity contribution in [3.05, 3.63) is 106 Å². The third-order valence-electron chi connectivity index (χ3n) is 5.93. The van der Waals surface area contributed by atoms with Crippen LogP contribution in [0.5, 0.6) is 11.5 Å². The maximum atomic E-state index is 6.62. The molecule has 32 heavy (non-hydrogen) atoms. The Kier molecular flexibility index (Phi) is 4.50. The predicted octanol–water partition coefficient (Wildman–Crippen LogP) is 5.61. The van der Waals surface area contributed by atoms with E-state index in [-0.39, 0.29) is 12.1 Å². The Morgan fingerprint density at radius 1 is 0.969 bits per heavy atom. The summed E-state index contributed by atoms with van der Waals surface area (Å²) >= 11 is 3.54. The number of nitrogens with zero attached hydrogens (tertiary/aromatic N) is 3. The molecule has 0 radical (unpaired) electrons. The summed E-state index contributed by atoms with van der Waals surface area (Å²) in [6.45, 7) is 0. The highest BCUT2D eigenvalue weighted by atomic mass is 79.9. The van der Waals surface area contributed by atoms with Gasteiger partial charge < -0.3 is 14.8 Å². The molecule has 0 amide bonds. The standard InChI is InChI=1S/C25H19BrN4O2/c1-31-18-12-8-15(9-13-18)23-21-22(29-25-27-14-28-30(23)25)19-4-2-3-5-20(19)32-24(21)16-6-10-17(26)11-7-16/h2-14,23-24H,1H3,(H,27,28,29)/t23-,24+/m1/s1. The molecule has 2 aliphatic heterocycles. The van der Waals surface area contributed by atoms with Crippen LogP contribution >= 0.6 is 15.9 Å². The van der Waals surface area contributed by atoms with Crippen LogP contribution < -0.4 is 14.8 Å². The minimum absolute atomic E-state index is 0.184. The van der Waals surface area contributed by atoms with Crippen LogP contribution in [0.25, 0.3) is 5.70 Å². The number of methoxy groups -OCH3 is 1. The Labute approximate surface area is 193 Å². The Balaban J connectivity index is 1.60. The van der Waals surface area contributed by atoms with E-state index < -0.39 is 0 Å². The van der Waals surface area contributed by atoms with Crippen LogP contribution in [0.2, 0.25) is 0 Å². The summed E-state index contributed by atoms with van der Waals surface area (Å²) in [7, 11) is 1.67. The maximum absolute atomic E-state index is 6.62. The second kappa shape index (κ2) is 7.53. The summed E-state index contributed by atoms with van der Waals surface area (Å²) in [6, 6.07) is 24.3. The van der Waals surface area contributed by atoms with Crippen LogP contribution in [0.15, 0.2) is 89.2 Å². The number of halogens is 1. The van der Waals surface area contributed by atoms with Crippen molar-refractivity contribution in [3.63, 3.8) is 0 Å². The molecule has 1 N–H and O–H groups in total. The quantitative estimate of drug-likeness (QED) is 0.407. The highest BCUT2D eigenvalue weighted by Crippen LogP contribution is 2.50. The third kappa shape index (κ3) is 3.00. The minimum Gasteiger partial charge on any atom is -0.497 e. The molecule has 6 nitrogen and oxygen atoms in total. The Bertz CT molecular complexity index is 1330. The van der Waals surface area contributed by atoms with Crippen LogP contribution in [-0.4, -0.2) is 21.9 Å². The van der Waals surface area contributed by atoms with Crippen molar-refractivity contribution in [2.75, 3.05) is 12.4 Å². The number of ether oxygens (including phenoxy) is 2. The molecule has 1 aromatic heterocycles. The number of para-hydroxylation sites is 1. The largest absolute Gasteiger partial charge is 0.497 e. The van der Waals surface area contributed by atoms with E-state index >= 15 is 0 Å². The average molecular weight is 487 g/mol. The Hall–Kier alpha value is -3.58. The monoisotopic (exact) mass is 486 g/mol. The van der Waals surface area contributed by atoms with Crippen molar-refractivity contribution in [1.29, 1.82) is 0 Å². The van der Waals surface area contributed by atoms with Crippen molar-refractivity contribution in [2.45, 2.75) is 12.1 Å². The minimum atomic E-state index is -0.287. The van der Waals surface area contributed by atoms with Crippen LogP contribution in [0.1, 0.15) is 28.8 Å². The highest BCUT2D eigenvalue weighted by Gasteiger charge is 2.40. The Morgan fingerprint density at radius 2 is 1.72 bits per heavy atom. The van der Waals surface area contributed by atoms with Crippen molar-refractivity contribution in [1.82, 2.24) is 14.8 Å².